The minimum Gasteiger partial charge on any atom is -0.467 e. The molecule has 1 N–H and O–H groups in total. The number of hydrogen-bond donors (Lipinski definition) is 1. The van der Waals surface area contributed by atoms with Crippen molar-refractivity contribution in [2.45, 2.75) is 71.1 Å². The molecule has 1 aliphatic rings. The first kappa shape index (κ1) is 23.7. The zero-order chi connectivity index (χ0) is 22.5. The van der Waals surface area contributed by atoms with E-state index in [9.17, 15) is 14.4 Å². The van der Waals surface area contributed by atoms with Gasteiger partial charge in [-0.05, 0) is 45.1 Å². The fourth-order valence-electron chi connectivity index (χ4n) is 3.80. The van der Waals surface area contributed by atoms with Gasteiger partial charge in [0, 0.05) is 12.5 Å². The average Bonchev–Trinajstić information content (AvgIpc) is 2.66. The van der Waals surface area contributed by atoms with Gasteiger partial charge in [0.15, 0.2) is 0 Å². The molecule has 0 aliphatic carbocycles. The molecule has 0 radical (unpaired) electrons. The Morgan fingerprint density at radius 1 is 1.20 bits per heavy atom. The number of benzene rings is 1. The zero-order valence-electron chi connectivity index (χ0n) is 18.8. The van der Waals surface area contributed by atoms with E-state index < -0.39 is 29.7 Å². The number of carbonyl (C=O) groups excluding carboxylic acids is 3. The summed E-state index contributed by atoms with van der Waals surface area (Å²) >= 11 is 0. The van der Waals surface area contributed by atoms with Crippen molar-refractivity contribution in [3.05, 3.63) is 35.9 Å². The fourth-order valence-corrected chi connectivity index (χ4v) is 3.80. The first-order chi connectivity index (χ1) is 14.0. The van der Waals surface area contributed by atoms with E-state index in [4.69, 9.17) is 9.47 Å². The van der Waals surface area contributed by atoms with Gasteiger partial charge >= 0.3 is 12.1 Å². The molecule has 0 unspecified atom stereocenters. The average molecular weight is 419 g/mol. The van der Waals surface area contributed by atoms with Crippen LogP contribution in [-0.2, 0) is 19.1 Å². The molecule has 1 aliphatic heterocycles. The summed E-state index contributed by atoms with van der Waals surface area (Å²) in [6, 6.07) is 8.12. The normalized spacial score (nSPS) is 20.6. The Bertz CT molecular complexity index is 742. The number of nitrogens with zero attached hydrogens (tertiary/aromatic N) is 1. The highest BCUT2D eigenvalue weighted by molar-refractivity contribution is 5.91. The second-order valence-corrected chi connectivity index (χ2v) is 9.13. The smallest absolute Gasteiger partial charge is 0.408 e. The number of hydrogen-bond acceptors (Lipinski definition) is 5. The standard InChI is InChI=1S/C23H34N2O5/c1-15(2)14-18(21(27)29-6)25-13-12-17(16-10-8-7-9-11-16)19(20(25)26)24-22(28)30-23(3,4)5/h7-11,15,17-19H,12-14H2,1-6H3,(H,24,28)/t17-,18-,19-/m0/s1. The number of nitrogens with one attached hydrogen (secondary N) is 1. The maximum atomic E-state index is 13.5. The van der Waals surface area contributed by atoms with E-state index in [-0.39, 0.29) is 17.7 Å². The van der Waals surface area contributed by atoms with Crippen molar-refractivity contribution in [3.63, 3.8) is 0 Å². The number of piperidine rings is 1. The van der Waals surface area contributed by atoms with Crippen LogP contribution in [0.25, 0.3) is 0 Å². The van der Waals surface area contributed by atoms with E-state index in [1.54, 1.807) is 25.7 Å². The predicted octanol–water partition coefficient (Wildman–Crippen LogP) is 3.48. The molecule has 1 heterocycles. The minimum absolute atomic E-state index is 0.200. The van der Waals surface area contributed by atoms with Crippen LogP contribution >= 0.6 is 0 Å². The molecular formula is C23H34N2O5. The lowest BCUT2D eigenvalue weighted by Gasteiger charge is -2.41. The third-order valence-corrected chi connectivity index (χ3v) is 5.08. The van der Waals surface area contributed by atoms with Crippen LogP contribution in [0.2, 0.25) is 0 Å². The molecular weight excluding hydrogens is 384 g/mol. The highest BCUT2D eigenvalue weighted by Crippen LogP contribution is 2.31. The van der Waals surface area contributed by atoms with Crippen LogP contribution < -0.4 is 5.32 Å². The van der Waals surface area contributed by atoms with Gasteiger partial charge in [0.25, 0.3) is 0 Å². The Kier molecular flexibility index (Phi) is 7.87. The van der Waals surface area contributed by atoms with Gasteiger partial charge in [-0.1, -0.05) is 44.2 Å². The maximum absolute atomic E-state index is 13.5. The van der Waals surface area contributed by atoms with Crippen LogP contribution in [0, 0.1) is 5.92 Å². The van der Waals surface area contributed by atoms with E-state index in [1.165, 1.54) is 7.11 Å². The van der Waals surface area contributed by atoms with Crippen LogP contribution in [0.3, 0.4) is 0 Å². The SMILES string of the molecule is COC(=O)[C@H](CC(C)C)N1CC[C@@H](c2ccccc2)[C@H](NC(=O)OC(C)(C)C)C1=O. The van der Waals surface area contributed by atoms with E-state index in [1.807, 2.05) is 44.2 Å². The fraction of sp³-hybridized carbons (Fsp3) is 0.609. The van der Waals surface area contributed by atoms with Gasteiger partial charge < -0.3 is 19.7 Å². The van der Waals surface area contributed by atoms with Crippen molar-refractivity contribution in [1.82, 2.24) is 10.2 Å². The van der Waals surface area contributed by atoms with Crippen molar-refractivity contribution >= 4 is 18.0 Å². The lowest BCUT2D eigenvalue weighted by atomic mass is 9.83. The van der Waals surface area contributed by atoms with Crippen LogP contribution in [0.1, 0.15) is 58.9 Å². The Hall–Kier alpha value is -2.57. The summed E-state index contributed by atoms with van der Waals surface area (Å²) in [5.74, 6) is -0.742. The largest absolute Gasteiger partial charge is 0.467 e. The molecule has 0 aromatic heterocycles. The van der Waals surface area contributed by atoms with Gasteiger partial charge in [0.1, 0.15) is 17.7 Å². The molecule has 1 aromatic rings. The van der Waals surface area contributed by atoms with E-state index in [0.717, 1.165) is 5.56 Å². The van der Waals surface area contributed by atoms with Gasteiger partial charge in [-0.25, -0.2) is 9.59 Å². The maximum Gasteiger partial charge on any atom is 0.408 e. The number of methoxy groups -OCH3 is 1. The minimum atomic E-state index is -0.824. The summed E-state index contributed by atoms with van der Waals surface area (Å²) in [5.41, 5.74) is 0.278. The lowest BCUT2D eigenvalue weighted by molar-refractivity contribution is -0.156. The monoisotopic (exact) mass is 418 g/mol. The van der Waals surface area contributed by atoms with Gasteiger partial charge in [-0.15, -0.1) is 0 Å². The van der Waals surface area contributed by atoms with E-state index in [0.29, 0.717) is 19.4 Å². The molecule has 7 heteroatoms. The molecule has 2 amide bonds. The number of esters is 1. The molecule has 0 spiro atoms. The van der Waals surface area contributed by atoms with Crippen molar-refractivity contribution in [2.24, 2.45) is 5.92 Å². The molecule has 166 valence electrons. The van der Waals surface area contributed by atoms with E-state index >= 15 is 0 Å². The number of ether oxygens (including phenoxy) is 2. The summed E-state index contributed by atoms with van der Waals surface area (Å²) in [5, 5.41) is 2.76. The number of alkyl carbamates (subject to hydrolysis) is 1. The summed E-state index contributed by atoms with van der Waals surface area (Å²) in [4.78, 5) is 40.0. The van der Waals surface area contributed by atoms with Crippen molar-refractivity contribution < 1.29 is 23.9 Å². The summed E-state index contributed by atoms with van der Waals surface area (Å²) in [7, 11) is 1.33. The number of rotatable bonds is 6. The molecule has 2 rings (SSSR count). The summed E-state index contributed by atoms with van der Waals surface area (Å²) < 4.78 is 10.4. The third-order valence-electron chi connectivity index (χ3n) is 5.08. The molecule has 0 saturated carbocycles. The Labute approximate surface area is 179 Å². The third kappa shape index (κ3) is 6.21. The second kappa shape index (κ2) is 9.96. The first-order valence-corrected chi connectivity index (χ1v) is 10.5. The van der Waals surface area contributed by atoms with Gasteiger partial charge in [-0.2, -0.15) is 0 Å². The van der Waals surface area contributed by atoms with Crippen LogP contribution in [0.15, 0.2) is 30.3 Å². The Morgan fingerprint density at radius 2 is 1.83 bits per heavy atom. The zero-order valence-corrected chi connectivity index (χ0v) is 18.8. The first-order valence-electron chi connectivity index (χ1n) is 10.5. The van der Waals surface area contributed by atoms with Crippen molar-refractivity contribution in [3.8, 4) is 0 Å². The Morgan fingerprint density at radius 3 is 2.37 bits per heavy atom. The molecule has 7 nitrogen and oxygen atoms in total. The van der Waals surface area contributed by atoms with Gasteiger partial charge in [0.05, 0.1) is 7.11 Å². The molecule has 1 fully saturated rings. The van der Waals surface area contributed by atoms with Gasteiger partial charge in [-0.3, -0.25) is 4.79 Å². The predicted molar refractivity (Wildman–Crippen MR) is 114 cm³/mol. The lowest BCUT2D eigenvalue weighted by Crippen LogP contribution is -2.60. The van der Waals surface area contributed by atoms with Crippen molar-refractivity contribution in [1.29, 1.82) is 0 Å². The van der Waals surface area contributed by atoms with Gasteiger partial charge in [0.2, 0.25) is 5.91 Å². The highest BCUT2D eigenvalue weighted by Gasteiger charge is 2.43. The number of carbonyl (C=O) groups is 3. The number of likely N-dealkylation sites (tertiary alicyclic amines) is 1. The molecule has 1 aromatic carbocycles. The molecule has 3 atom stereocenters. The second-order valence-electron chi connectivity index (χ2n) is 9.13. The molecule has 0 bridgehead atoms. The molecule has 1 saturated heterocycles. The van der Waals surface area contributed by atoms with Crippen LogP contribution in [-0.4, -0.2) is 54.2 Å². The summed E-state index contributed by atoms with van der Waals surface area (Å²) in [6.07, 6.45) is 0.456. The highest BCUT2D eigenvalue weighted by atomic mass is 16.6. The quantitative estimate of drug-likeness (QED) is 0.715. The number of amides is 2. The van der Waals surface area contributed by atoms with Crippen molar-refractivity contribution in [2.75, 3.05) is 13.7 Å². The van der Waals surface area contributed by atoms with E-state index in [2.05, 4.69) is 5.32 Å². The Balaban J connectivity index is 2.33. The molecule has 30 heavy (non-hydrogen) atoms. The summed E-state index contributed by atoms with van der Waals surface area (Å²) in [6.45, 7) is 9.71. The topological polar surface area (TPSA) is 84.9 Å². The van der Waals surface area contributed by atoms with Crippen LogP contribution in [0.4, 0.5) is 4.79 Å². The van der Waals surface area contributed by atoms with Crippen LogP contribution in [0.5, 0.6) is 0 Å².